The number of rotatable bonds is 7. The monoisotopic (exact) mass is 390 g/mol. The number of aryl methyl sites for hydroxylation is 2. The average molecular weight is 390 g/mol. The van der Waals surface area contributed by atoms with Crippen molar-refractivity contribution in [1.29, 1.82) is 0 Å². The second-order valence-electron chi connectivity index (χ2n) is 7.08. The van der Waals surface area contributed by atoms with Gasteiger partial charge >= 0.3 is 0 Å². The highest BCUT2D eigenvalue weighted by Crippen LogP contribution is 2.25. The summed E-state index contributed by atoms with van der Waals surface area (Å²) in [6.07, 6.45) is 0.00610. The Bertz CT molecular complexity index is 1000. The topological polar surface area (TPSA) is 76.1 Å². The number of hydrogen-bond donors (Lipinski definition) is 2. The van der Waals surface area contributed by atoms with E-state index in [0.717, 1.165) is 0 Å². The smallest absolute Gasteiger partial charge is 0.274 e. The largest absolute Gasteiger partial charge is 0.489 e. The molecule has 0 radical (unpaired) electrons. The first-order valence-electron chi connectivity index (χ1n) is 9.63. The van der Waals surface area contributed by atoms with Gasteiger partial charge in [-0.25, -0.2) is 9.97 Å². The molecule has 150 valence electrons. The van der Waals surface area contributed by atoms with Gasteiger partial charge in [0, 0.05) is 12.6 Å². The molecule has 0 spiro atoms. The fourth-order valence-electron chi connectivity index (χ4n) is 2.88. The van der Waals surface area contributed by atoms with Gasteiger partial charge in [0.15, 0.2) is 0 Å². The van der Waals surface area contributed by atoms with E-state index in [9.17, 15) is 4.79 Å². The van der Waals surface area contributed by atoms with Crippen molar-refractivity contribution in [3.05, 3.63) is 77.2 Å². The quantitative estimate of drug-likeness (QED) is 0.609. The van der Waals surface area contributed by atoms with E-state index in [0.29, 0.717) is 35.3 Å². The molecule has 2 aromatic carbocycles. The van der Waals surface area contributed by atoms with Gasteiger partial charge in [-0.3, -0.25) is 4.79 Å². The van der Waals surface area contributed by atoms with Gasteiger partial charge in [-0.05, 0) is 51.0 Å². The molecular weight excluding hydrogens is 364 g/mol. The van der Waals surface area contributed by atoms with Crippen molar-refractivity contribution in [2.45, 2.75) is 40.3 Å². The van der Waals surface area contributed by atoms with Crippen LogP contribution in [-0.2, 0) is 6.54 Å². The summed E-state index contributed by atoms with van der Waals surface area (Å²) in [5, 5.41) is 6.17. The van der Waals surface area contributed by atoms with Gasteiger partial charge < -0.3 is 15.4 Å². The van der Waals surface area contributed by atoms with Crippen molar-refractivity contribution in [3.63, 3.8) is 0 Å². The Balaban J connectivity index is 1.76. The average Bonchev–Trinajstić information content (AvgIpc) is 2.68. The summed E-state index contributed by atoms with van der Waals surface area (Å²) in [6, 6.07) is 17.2. The van der Waals surface area contributed by atoms with Crippen LogP contribution in [0.15, 0.2) is 54.6 Å². The van der Waals surface area contributed by atoms with E-state index in [4.69, 9.17) is 4.74 Å². The van der Waals surface area contributed by atoms with E-state index in [1.54, 1.807) is 19.1 Å². The second-order valence-corrected chi connectivity index (χ2v) is 7.08. The molecule has 0 aliphatic heterocycles. The summed E-state index contributed by atoms with van der Waals surface area (Å²) in [6.45, 7) is 8.34. The summed E-state index contributed by atoms with van der Waals surface area (Å²) in [7, 11) is 0. The van der Waals surface area contributed by atoms with E-state index in [-0.39, 0.29) is 12.0 Å². The van der Waals surface area contributed by atoms with Crippen LogP contribution < -0.4 is 15.4 Å². The molecule has 0 saturated heterocycles. The Labute approximate surface area is 171 Å². The Morgan fingerprint density at radius 3 is 2.52 bits per heavy atom. The van der Waals surface area contributed by atoms with Gasteiger partial charge in [-0.15, -0.1) is 0 Å². The highest BCUT2D eigenvalue weighted by atomic mass is 16.5. The lowest BCUT2D eigenvalue weighted by Gasteiger charge is -2.15. The number of nitrogens with zero attached hydrogens (tertiary/aromatic N) is 2. The molecule has 6 heteroatoms. The molecule has 0 atom stereocenters. The maximum Gasteiger partial charge on any atom is 0.274 e. The van der Waals surface area contributed by atoms with Crippen molar-refractivity contribution >= 4 is 17.4 Å². The second kappa shape index (κ2) is 9.19. The number of carbonyl (C=O) groups excluding carboxylic acids is 1. The highest BCUT2D eigenvalue weighted by Gasteiger charge is 2.14. The van der Waals surface area contributed by atoms with Crippen LogP contribution in [0.3, 0.4) is 0 Å². The summed E-state index contributed by atoms with van der Waals surface area (Å²) in [5.41, 5.74) is 3.28. The zero-order valence-corrected chi connectivity index (χ0v) is 17.2. The van der Waals surface area contributed by atoms with Crippen LogP contribution in [0.5, 0.6) is 5.75 Å². The first-order chi connectivity index (χ1) is 13.9. The maximum atomic E-state index is 12.8. The minimum absolute atomic E-state index is 0.00610. The van der Waals surface area contributed by atoms with Gasteiger partial charge in [-0.2, -0.15) is 0 Å². The summed E-state index contributed by atoms with van der Waals surface area (Å²) in [5.74, 6) is 1.45. The van der Waals surface area contributed by atoms with Crippen LogP contribution >= 0.6 is 0 Å². The molecule has 0 fully saturated rings. The summed E-state index contributed by atoms with van der Waals surface area (Å²) < 4.78 is 5.77. The maximum absolute atomic E-state index is 12.8. The highest BCUT2D eigenvalue weighted by molar-refractivity contribution is 6.04. The van der Waals surface area contributed by atoms with Crippen LogP contribution in [0.25, 0.3) is 0 Å². The third kappa shape index (κ3) is 5.54. The molecule has 29 heavy (non-hydrogen) atoms. The van der Waals surface area contributed by atoms with Crippen molar-refractivity contribution in [2.75, 3.05) is 10.6 Å². The van der Waals surface area contributed by atoms with Gasteiger partial charge in [0.25, 0.3) is 5.91 Å². The van der Waals surface area contributed by atoms with Crippen LogP contribution in [0.4, 0.5) is 11.5 Å². The molecule has 2 N–H and O–H groups in total. The van der Waals surface area contributed by atoms with Crippen LogP contribution in [0, 0.1) is 13.8 Å². The van der Waals surface area contributed by atoms with Crippen molar-refractivity contribution < 1.29 is 9.53 Å². The number of amides is 1. The number of hydrogen-bond acceptors (Lipinski definition) is 5. The number of aromatic nitrogens is 2. The number of benzene rings is 2. The third-order valence-corrected chi connectivity index (χ3v) is 4.29. The minimum atomic E-state index is -0.311. The molecule has 0 saturated carbocycles. The standard InChI is InChI=1S/C23H26N4O2/c1-15(2)29-21-12-8-7-11-19(21)27-23(28)20-13-22(26-17(4)25-20)24-14-18-10-6-5-9-16(18)3/h5-13,15H,14H2,1-4H3,(H,27,28)(H,24,25,26). The predicted molar refractivity (Wildman–Crippen MR) is 115 cm³/mol. The Kier molecular flexibility index (Phi) is 6.44. The number of carbonyl (C=O) groups is 1. The molecule has 1 amide bonds. The van der Waals surface area contributed by atoms with Crippen molar-refractivity contribution in [3.8, 4) is 5.75 Å². The Morgan fingerprint density at radius 1 is 1.03 bits per heavy atom. The number of ether oxygens (including phenoxy) is 1. The molecule has 0 aliphatic rings. The SMILES string of the molecule is Cc1nc(NCc2ccccc2C)cc(C(=O)Nc2ccccc2OC(C)C)n1. The van der Waals surface area contributed by atoms with Crippen LogP contribution in [0.1, 0.15) is 41.3 Å². The molecule has 3 aromatic rings. The lowest BCUT2D eigenvalue weighted by molar-refractivity contribution is 0.102. The molecule has 1 heterocycles. The zero-order chi connectivity index (χ0) is 20.8. The molecule has 3 rings (SSSR count). The van der Waals surface area contributed by atoms with Crippen molar-refractivity contribution in [1.82, 2.24) is 9.97 Å². The number of para-hydroxylation sites is 2. The Morgan fingerprint density at radius 2 is 1.76 bits per heavy atom. The van der Waals surface area contributed by atoms with Gasteiger partial charge in [0.05, 0.1) is 11.8 Å². The Hall–Kier alpha value is -3.41. The third-order valence-electron chi connectivity index (χ3n) is 4.29. The summed E-state index contributed by atoms with van der Waals surface area (Å²) >= 11 is 0. The van der Waals surface area contributed by atoms with Crippen molar-refractivity contribution in [2.24, 2.45) is 0 Å². The molecular formula is C23H26N4O2. The van der Waals surface area contributed by atoms with E-state index >= 15 is 0 Å². The van der Waals surface area contributed by atoms with E-state index < -0.39 is 0 Å². The van der Waals surface area contributed by atoms with Gasteiger partial charge in [-0.1, -0.05) is 36.4 Å². The van der Waals surface area contributed by atoms with E-state index in [1.165, 1.54) is 11.1 Å². The fraction of sp³-hybridized carbons (Fsp3) is 0.261. The number of nitrogens with one attached hydrogen (secondary N) is 2. The molecule has 6 nitrogen and oxygen atoms in total. The fourth-order valence-corrected chi connectivity index (χ4v) is 2.88. The summed E-state index contributed by atoms with van der Waals surface area (Å²) in [4.78, 5) is 21.5. The minimum Gasteiger partial charge on any atom is -0.489 e. The molecule has 1 aromatic heterocycles. The lowest BCUT2D eigenvalue weighted by atomic mass is 10.1. The molecule has 0 bridgehead atoms. The normalized spacial score (nSPS) is 10.7. The zero-order valence-electron chi connectivity index (χ0n) is 17.2. The van der Waals surface area contributed by atoms with Crippen LogP contribution in [0.2, 0.25) is 0 Å². The number of anilines is 2. The van der Waals surface area contributed by atoms with Gasteiger partial charge in [0.1, 0.15) is 23.1 Å². The van der Waals surface area contributed by atoms with Gasteiger partial charge in [0.2, 0.25) is 0 Å². The molecule has 0 aliphatic carbocycles. The lowest BCUT2D eigenvalue weighted by Crippen LogP contribution is -2.17. The first kappa shape index (κ1) is 20.3. The van der Waals surface area contributed by atoms with E-state index in [2.05, 4.69) is 39.7 Å². The van der Waals surface area contributed by atoms with Crippen LogP contribution in [-0.4, -0.2) is 22.0 Å². The predicted octanol–water partition coefficient (Wildman–Crippen LogP) is 4.75. The van der Waals surface area contributed by atoms with E-state index in [1.807, 2.05) is 44.2 Å². The molecule has 0 unspecified atom stereocenters. The first-order valence-corrected chi connectivity index (χ1v) is 9.63.